The molecule has 1 amide bonds. The molecule has 6 rings (SSSR count). The highest BCUT2D eigenvalue weighted by Gasteiger charge is 2.69. The molecule has 1 spiro atoms. The molecule has 0 saturated carbocycles. The lowest BCUT2D eigenvalue weighted by molar-refractivity contribution is -0.127. The molecule has 5 nitrogen and oxygen atoms in total. The molecule has 4 unspecified atom stereocenters. The van der Waals surface area contributed by atoms with Gasteiger partial charge in [-0.1, -0.05) is 23.7 Å². The number of nitrogens with zero attached hydrogens (tertiary/aromatic N) is 2. The second-order valence-corrected chi connectivity index (χ2v) is 9.68. The summed E-state index contributed by atoms with van der Waals surface area (Å²) >= 11 is 6.41. The molecule has 3 aliphatic rings. The lowest BCUT2D eigenvalue weighted by Crippen LogP contribution is -2.53. The molecule has 3 aliphatic heterocycles. The van der Waals surface area contributed by atoms with Crippen LogP contribution in [0.1, 0.15) is 40.4 Å². The van der Waals surface area contributed by atoms with Crippen LogP contribution >= 0.6 is 11.6 Å². The highest BCUT2D eigenvalue weighted by molar-refractivity contribution is 6.31. The normalized spacial score (nSPS) is 28.2. The summed E-state index contributed by atoms with van der Waals surface area (Å²) in [6.07, 6.45) is 3.57. The first kappa shape index (κ1) is 20.6. The number of Topliss-reactive ketones (excluding diaryl/α,β-unsaturated/α-hetero) is 1. The van der Waals surface area contributed by atoms with Crippen LogP contribution in [0.15, 0.2) is 60.8 Å². The van der Waals surface area contributed by atoms with Crippen LogP contribution in [0.3, 0.4) is 0 Å². The van der Waals surface area contributed by atoms with Crippen molar-refractivity contribution < 1.29 is 14.0 Å². The summed E-state index contributed by atoms with van der Waals surface area (Å²) in [6.45, 7) is 0.687. The van der Waals surface area contributed by atoms with Crippen molar-refractivity contribution in [2.75, 3.05) is 11.9 Å². The highest BCUT2D eigenvalue weighted by Crippen LogP contribution is 2.61. The molecule has 7 heteroatoms. The second-order valence-electron chi connectivity index (χ2n) is 9.24. The van der Waals surface area contributed by atoms with E-state index in [1.807, 2.05) is 31.4 Å². The third kappa shape index (κ3) is 2.74. The van der Waals surface area contributed by atoms with Crippen molar-refractivity contribution in [2.24, 2.45) is 13.0 Å². The fourth-order valence-electron chi connectivity index (χ4n) is 6.50. The number of fused-ring (bicyclic) bond motifs is 4. The van der Waals surface area contributed by atoms with Crippen molar-refractivity contribution in [3.63, 3.8) is 0 Å². The number of benzene rings is 2. The molecule has 1 N–H and O–H groups in total. The minimum Gasteiger partial charge on any atom is -0.348 e. The van der Waals surface area contributed by atoms with Crippen LogP contribution in [0.4, 0.5) is 10.1 Å². The van der Waals surface area contributed by atoms with E-state index in [0.29, 0.717) is 22.9 Å². The minimum atomic E-state index is -1.19. The molecule has 2 saturated heterocycles. The minimum absolute atomic E-state index is 0.0586. The Kier molecular flexibility index (Phi) is 4.55. The number of hydrogen-bond acceptors (Lipinski definition) is 3. The number of nitrogens with one attached hydrogen (secondary N) is 1. The number of anilines is 1. The molecule has 4 heterocycles. The Hall–Kier alpha value is -2.96. The summed E-state index contributed by atoms with van der Waals surface area (Å²) < 4.78 is 16.2. The van der Waals surface area contributed by atoms with Crippen LogP contribution in [-0.4, -0.2) is 33.7 Å². The van der Waals surface area contributed by atoms with Gasteiger partial charge >= 0.3 is 0 Å². The predicted molar refractivity (Wildman–Crippen MR) is 124 cm³/mol. The number of ketones is 1. The zero-order valence-corrected chi connectivity index (χ0v) is 18.8. The maximum absolute atomic E-state index is 14.4. The first-order valence-electron chi connectivity index (χ1n) is 11.2. The van der Waals surface area contributed by atoms with Crippen molar-refractivity contribution in [3.8, 4) is 0 Å². The zero-order valence-electron chi connectivity index (χ0n) is 18.1. The van der Waals surface area contributed by atoms with Crippen LogP contribution in [-0.2, 0) is 17.4 Å². The molecular weight excluding hydrogens is 441 g/mol. The van der Waals surface area contributed by atoms with Crippen molar-refractivity contribution in [3.05, 3.63) is 88.5 Å². The molecule has 33 heavy (non-hydrogen) atoms. The molecule has 2 fully saturated rings. The van der Waals surface area contributed by atoms with Gasteiger partial charge in [0.1, 0.15) is 11.4 Å². The largest absolute Gasteiger partial charge is 0.348 e. The van der Waals surface area contributed by atoms with E-state index < -0.39 is 11.5 Å². The standard InChI is InChI=1S/C26H23ClFN3O2/c1-30-11-3-8-21(30)24(32)23-22(15-5-2-6-17(28)13-15)20-7-4-12-31(20)26(23)18-14-16(27)9-10-19(18)29-25(26)33/h2-3,5-6,8-11,13-14,20,22-23H,4,7,12H2,1H3,(H,29,33). The van der Waals surface area contributed by atoms with Crippen molar-refractivity contribution in [1.82, 2.24) is 9.47 Å². The van der Waals surface area contributed by atoms with Gasteiger partial charge in [-0.15, -0.1) is 0 Å². The Labute approximate surface area is 196 Å². The number of aromatic nitrogens is 1. The van der Waals surface area contributed by atoms with E-state index in [4.69, 9.17) is 11.6 Å². The Morgan fingerprint density at radius 2 is 2.03 bits per heavy atom. The lowest BCUT2D eigenvalue weighted by atomic mass is 9.69. The van der Waals surface area contributed by atoms with Crippen molar-refractivity contribution in [2.45, 2.75) is 30.3 Å². The summed E-state index contributed by atoms with van der Waals surface area (Å²) in [5, 5.41) is 3.54. The molecule has 1 aromatic heterocycles. The number of carbonyl (C=O) groups excluding carboxylic acids is 2. The van der Waals surface area contributed by atoms with Gasteiger partial charge in [-0.3, -0.25) is 14.5 Å². The number of rotatable bonds is 3. The quantitative estimate of drug-likeness (QED) is 0.571. The number of hydrogen-bond donors (Lipinski definition) is 1. The smallest absolute Gasteiger partial charge is 0.250 e. The first-order chi connectivity index (χ1) is 15.9. The van der Waals surface area contributed by atoms with E-state index in [1.54, 1.807) is 28.8 Å². The Balaban J connectivity index is 1.65. The van der Waals surface area contributed by atoms with E-state index >= 15 is 0 Å². The Morgan fingerprint density at radius 1 is 1.18 bits per heavy atom. The molecule has 4 atom stereocenters. The van der Waals surface area contributed by atoms with Crippen molar-refractivity contribution >= 4 is 29.0 Å². The molecular formula is C26H23ClFN3O2. The molecule has 3 aromatic rings. The summed E-state index contributed by atoms with van der Waals surface area (Å²) in [5.74, 6) is -1.73. The van der Waals surface area contributed by atoms with Crippen molar-refractivity contribution in [1.29, 1.82) is 0 Å². The summed E-state index contributed by atoms with van der Waals surface area (Å²) in [5.41, 5.74) is 1.50. The highest BCUT2D eigenvalue weighted by atomic mass is 35.5. The van der Waals surface area contributed by atoms with Crippen LogP contribution in [0, 0.1) is 11.7 Å². The Morgan fingerprint density at radius 3 is 2.79 bits per heavy atom. The SMILES string of the molecule is Cn1cccc1C(=O)C1C(c2cccc(F)c2)C2CCCN2C12C(=O)Nc1ccc(Cl)cc12. The summed E-state index contributed by atoms with van der Waals surface area (Å²) in [4.78, 5) is 30.4. The van der Waals surface area contributed by atoms with Gasteiger partial charge < -0.3 is 9.88 Å². The number of halogens is 2. The molecule has 0 bridgehead atoms. The first-order valence-corrected chi connectivity index (χ1v) is 11.6. The van der Waals surface area contributed by atoms with Crippen LogP contribution in [0.5, 0.6) is 0 Å². The van der Waals surface area contributed by atoms with Gasteiger partial charge in [0, 0.05) is 41.5 Å². The fourth-order valence-corrected chi connectivity index (χ4v) is 6.67. The van der Waals surface area contributed by atoms with E-state index in [9.17, 15) is 14.0 Å². The Bertz CT molecular complexity index is 1300. The number of aryl methyl sites for hydroxylation is 1. The van der Waals surface area contributed by atoms with E-state index in [-0.39, 0.29) is 29.5 Å². The fraction of sp³-hybridized carbons (Fsp3) is 0.308. The number of carbonyl (C=O) groups is 2. The third-order valence-corrected chi connectivity index (χ3v) is 7.91. The maximum Gasteiger partial charge on any atom is 0.250 e. The van der Waals surface area contributed by atoms with E-state index in [1.165, 1.54) is 12.1 Å². The van der Waals surface area contributed by atoms with Gasteiger partial charge in [-0.2, -0.15) is 0 Å². The van der Waals surface area contributed by atoms with Gasteiger partial charge in [0.2, 0.25) is 5.91 Å². The maximum atomic E-state index is 14.4. The van der Waals surface area contributed by atoms with Gasteiger partial charge in [-0.05, 0) is 67.4 Å². The van der Waals surface area contributed by atoms with Crippen LogP contribution < -0.4 is 5.32 Å². The van der Waals surface area contributed by atoms with Gasteiger partial charge in [0.15, 0.2) is 5.78 Å². The monoisotopic (exact) mass is 463 g/mol. The average molecular weight is 464 g/mol. The third-order valence-electron chi connectivity index (χ3n) is 7.67. The summed E-state index contributed by atoms with van der Waals surface area (Å²) in [6, 6.07) is 15.4. The number of amides is 1. The van der Waals surface area contributed by atoms with E-state index in [0.717, 1.165) is 24.0 Å². The van der Waals surface area contributed by atoms with Gasteiger partial charge in [0.25, 0.3) is 0 Å². The molecule has 0 radical (unpaired) electrons. The van der Waals surface area contributed by atoms with Gasteiger partial charge in [-0.25, -0.2) is 4.39 Å². The van der Waals surface area contributed by atoms with Gasteiger partial charge in [0.05, 0.1) is 11.6 Å². The topological polar surface area (TPSA) is 54.3 Å². The second kappa shape index (κ2) is 7.27. The zero-order chi connectivity index (χ0) is 22.9. The predicted octanol–water partition coefficient (Wildman–Crippen LogP) is 4.73. The van der Waals surface area contributed by atoms with E-state index in [2.05, 4.69) is 10.2 Å². The van der Waals surface area contributed by atoms with Crippen LogP contribution in [0.2, 0.25) is 5.02 Å². The average Bonchev–Trinajstić information content (AvgIpc) is 3.53. The molecule has 168 valence electrons. The van der Waals surface area contributed by atoms with Crippen LogP contribution in [0.25, 0.3) is 0 Å². The lowest BCUT2D eigenvalue weighted by Gasteiger charge is -2.37. The molecule has 2 aromatic carbocycles. The molecule has 0 aliphatic carbocycles. The summed E-state index contributed by atoms with van der Waals surface area (Å²) in [7, 11) is 1.83.